The molecule has 0 saturated carbocycles. The molecule has 5 nitrogen and oxygen atoms in total. The number of aliphatic hydroxyl groups is 1. The van der Waals surface area contributed by atoms with Crippen LogP contribution in [0.1, 0.15) is 17.5 Å². The van der Waals surface area contributed by atoms with Crippen LogP contribution < -0.4 is 5.32 Å². The van der Waals surface area contributed by atoms with Gasteiger partial charge in [0.15, 0.2) is 5.82 Å². The summed E-state index contributed by atoms with van der Waals surface area (Å²) < 4.78 is 17.5. The van der Waals surface area contributed by atoms with Gasteiger partial charge in [-0.05, 0) is 17.7 Å². The van der Waals surface area contributed by atoms with Crippen molar-refractivity contribution in [3.05, 3.63) is 47.9 Å². The van der Waals surface area contributed by atoms with E-state index >= 15 is 0 Å². The molecule has 0 fully saturated rings. The summed E-state index contributed by atoms with van der Waals surface area (Å²) in [6, 6.07) is 5.88. The van der Waals surface area contributed by atoms with Gasteiger partial charge < -0.3 is 14.9 Å². The van der Waals surface area contributed by atoms with Crippen molar-refractivity contribution in [1.82, 2.24) is 15.5 Å². The molecule has 0 aliphatic rings. The fourth-order valence-electron chi connectivity index (χ4n) is 1.42. The molecule has 1 unspecified atom stereocenters. The molecule has 0 radical (unpaired) electrons. The van der Waals surface area contributed by atoms with E-state index < -0.39 is 6.10 Å². The van der Waals surface area contributed by atoms with Gasteiger partial charge in [0, 0.05) is 6.54 Å². The standard InChI is InChI=1S/C11H12FN3O2/c12-9-3-1-2-8(4-9)10(16)5-13-6-11-14-7-17-15-11/h1-4,7,10,13,16H,5-6H2. The Kier molecular flexibility index (Phi) is 3.79. The van der Waals surface area contributed by atoms with Crippen molar-refractivity contribution in [2.75, 3.05) is 6.54 Å². The van der Waals surface area contributed by atoms with Gasteiger partial charge >= 0.3 is 0 Å². The number of aromatic nitrogens is 2. The van der Waals surface area contributed by atoms with Gasteiger partial charge in [-0.15, -0.1) is 0 Å². The van der Waals surface area contributed by atoms with Gasteiger partial charge in [0.25, 0.3) is 0 Å². The average molecular weight is 237 g/mol. The largest absolute Gasteiger partial charge is 0.387 e. The molecular formula is C11H12FN3O2. The molecule has 17 heavy (non-hydrogen) atoms. The zero-order chi connectivity index (χ0) is 12.1. The SMILES string of the molecule is OC(CNCc1ncon1)c1cccc(F)c1. The van der Waals surface area contributed by atoms with E-state index in [-0.39, 0.29) is 12.4 Å². The smallest absolute Gasteiger partial charge is 0.213 e. The normalized spacial score (nSPS) is 12.6. The van der Waals surface area contributed by atoms with Gasteiger partial charge in [0.1, 0.15) is 5.82 Å². The van der Waals surface area contributed by atoms with Crippen LogP contribution >= 0.6 is 0 Å². The summed E-state index contributed by atoms with van der Waals surface area (Å²) in [7, 11) is 0. The maximum absolute atomic E-state index is 12.9. The molecule has 1 aromatic carbocycles. The van der Waals surface area contributed by atoms with Crippen molar-refractivity contribution in [2.45, 2.75) is 12.6 Å². The van der Waals surface area contributed by atoms with Crippen molar-refractivity contribution < 1.29 is 14.0 Å². The number of hydrogen-bond donors (Lipinski definition) is 2. The Morgan fingerprint density at radius 1 is 1.47 bits per heavy atom. The molecule has 90 valence electrons. The van der Waals surface area contributed by atoms with Crippen LogP contribution in [0.25, 0.3) is 0 Å². The molecule has 2 N–H and O–H groups in total. The number of halogens is 1. The van der Waals surface area contributed by atoms with Crippen molar-refractivity contribution in [3.63, 3.8) is 0 Å². The lowest BCUT2D eigenvalue weighted by Crippen LogP contribution is -2.21. The monoisotopic (exact) mass is 237 g/mol. The van der Waals surface area contributed by atoms with Crippen LogP contribution in [0.3, 0.4) is 0 Å². The molecule has 6 heteroatoms. The van der Waals surface area contributed by atoms with Crippen molar-refractivity contribution in [1.29, 1.82) is 0 Å². The van der Waals surface area contributed by atoms with Gasteiger partial charge in [-0.2, -0.15) is 4.98 Å². The van der Waals surface area contributed by atoms with Crippen molar-refractivity contribution in [3.8, 4) is 0 Å². The first kappa shape index (κ1) is 11.7. The van der Waals surface area contributed by atoms with Crippen molar-refractivity contribution in [2.24, 2.45) is 0 Å². The second kappa shape index (κ2) is 5.51. The fraction of sp³-hybridized carbons (Fsp3) is 0.273. The Hall–Kier alpha value is -1.79. The lowest BCUT2D eigenvalue weighted by atomic mass is 10.1. The summed E-state index contributed by atoms with van der Waals surface area (Å²) in [5.74, 6) is 0.149. The van der Waals surface area contributed by atoms with E-state index in [1.807, 2.05) is 0 Å². The quantitative estimate of drug-likeness (QED) is 0.812. The van der Waals surface area contributed by atoms with E-state index in [9.17, 15) is 9.50 Å². The van der Waals surface area contributed by atoms with Crippen LogP contribution in [-0.4, -0.2) is 21.8 Å². The van der Waals surface area contributed by atoms with Crippen LogP contribution in [0.4, 0.5) is 4.39 Å². The third-order valence-electron chi connectivity index (χ3n) is 2.26. The lowest BCUT2D eigenvalue weighted by Gasteiger charge is -2.11. The highest BCUT2D eigenvalue weighted by atomic mass is 19.1. The Morgan fingerprint density at radius 2 is 2.35 bits per heavy atom. The van der Waals surface area contributed by atoms with Gasteiger partial charge in [-0.1, -0.05) is 17.3 Å². The number of aliphatic hydroxyl groups excluding tert-OH is 1. The summed E-state index contributed by atoms with van der Waals surface area (Å²) in [5.41, 5.74) is 0.533. The fourth-order valence-corrected chi connectivity index (χ4v) is 1.42. The molecule has 0 aliphatic carbocycles. The molecule has 1 heterocycles. The van der Waals surface area contributed by atoms with E-state index in [1.165, 1.54) is 18.5 Å². The summed E-state index contributed by atoms with van der Waals surface area (Å²) in [5, 5.41) is 16.3. The summed E-state index contributed by atoms with van der Waals surface area (Å²) in [6.45, 7) is 0.681. The summed E-state index contributed by atoms with van der Waals surface area (Å²) in [4.78, 5) is 3.82. The molecule has 1 aromatic heterocycles. The molecule has 0 bridgehead atoms. The van der Waals surface area contributed by atoms with E-state index in [0.717, 1.165) is 0 Å². The first-order valence-corrected chi connectivity index (χ1v) is 5.15. The van der Waals surface area contributed by atoms with Crippen molar-refractivity contribution >= 4 is 0 Å². The van der Waals surface area contributed by atoms with Gasteiger partial charge in [-0.3, -0.25) is 0 Å². The second-order valence-corrected chi connectivity index (χ2v) is 3.55. The van der Waals surface area contributed by atoms with Crippen LogP contribution in [0.15, 0.2) is 35.2 Å². The molecule has 0 amide bonds. The maximum Gasteiger partial charge on any atom is 0.213 e. The third kappa shape index (κ3) is 3.33. The van der Waals surface area contributed by atoms with Gasteiger partial charge in [-0.25, -0.2) is 4.39 Å². The number of benzene rings is 1. The first-order valence-electron chi connectivity index (χ1n) is 5.15. The Bertz CT molecular complexity index is 461. The molecule has 0 aliphatic heterocycles. The summed E-state index contributed by atoms with van der Waals surface area (Å²) >= 11 is 0. The number of rotatable bonds is 5. The molecule has 0 saturated heterocycles. The molecular weight excluding hydrogens is 225 g/mol. The lowest BCUT2D eigenvalue weighted by molar-refractivity contribution is 0.173. The minimum absolute atomic E-state index is 0.290. The van der Waals surface area contributed by atoms with E-state index in [1.54, 1.807) is 12.1 Å². The zero-order valence-electron chi connectivity index (χ0n) is 9.01. The Balaban J connectivity index is 1.83. The summed E-state index contributed by atoms with van der Waals surface area (Å²) in [6.07, 6.45) is 0.470. The van der Waals surface area contributed by atoms with E-state index in [2.05, 4.69) is 20.0 Å². The van der Waals surface area contributed by atoms with Gasteiger partial charge in [0.2, 0.25) is 6.39 Å². The zero-order valence-corrected chi connectivity index (χ0v) is 9.01. The topological polar surface area (TPSA) is 71.2 Å². The molecule has 0 spiro atoms. The van der Waals surface area contributed by atoms with Gasteiger partial charge in [0.05, 0.1) is 12.6 Å². The predicted molar refractivity (Wildman–Crippen MR) is 57.4 cm³/mol. The van der Waals surface area contributed by atoms with Crippen LogP contribution in [0.2, 0.25) is 0 Å². The van der Waals surface area contributed by atoms with Crippen LogP contribution in [0.5, 0.6) is 0 Å². The minimum atomic E-state index is -0.766. The first-order chi connectivity index (χ1) is 8.25. The third-order valence-corrected chi connectivity index (χ3v) is 2.26. The average Bonchev–Trinajstić information content (AvgIpc) is 2.82. The number of nitrogens with zero attached hydrogens (tertiary/aromatic N) is 2. The second-order valence-electron chi connectivity index (χ2n) is 3.55. The Labute approximate surface area is 97.3 Å². The number of hydrogen-bond acceptors (Lipinski definition) is 5. The van der Waals surface area contributed by atoms with E-state index in [0.29, 0.717) is 17.9 Å². The van der Waals surface area contributed by atoms with E-state index in [4.69, 9.17) is 0 Å². The van der Waals surface area contributed by atoms with Crippen LogP contribution in [0, 0.1) is 5.82 Å². The highest BCUT2D eigenvalue weighted by Crippen LogP contribution is 2.12. The minimum Gasteiger partial charge on any atom is -0.387 e. The molecule has 2 rings (SSSR count). The molecule has 2 aromatic rings. The molecule has 1 atom stereocenters. The van der Waals surface area contributed by atoms with Crippen LogP contribution in [-0.2, 0) is 6.54 Å². The maximum atomic E-state index is 12.9. The highest BCUT2D eigenvalue weighted by Gasteiger charge is 2.08. The Morgan fingerprint density at radius 3 is 3.06 bits per heavy atom. The predicted octanol–water partition coefficient (Wildman–Crippen LogP) is 1.03. The number of nitrogens with one attached hydrogen (secondary N) is 1. The highest BCUT2D eigenvalue weighted by molar-refractivity contribution is 5.18.